The molecule has 0 aliphatic rings. The molecular weight excluding hydrogens is 252 g/mol. The Morgan fingerprint density at radius 2 is 2.20 bits per heavy atom. The van der Waals surface area contributed by atoms with E-state index >= 15 is 0 Å². The molecule has 4 heteroatoms. The summed E-state index contributed by atoms with van der Waals surface area (Å²) in [6, 6.07) is 7.91. The Morgan fingerprint density at radius 1 is 1.45 bits per heavy atom. The van der Waals surface area contributed by atoms with Crippen LogP contribution < -0.4 is 10.5 Å². The summed E-state index contributed by atoms with van der Waals surface area (Å²) in [7, 11) is 1.81. The fourth-order valence-corrected chi connectivity index (χ4v) is 1.93. The van der Waals surface area contributed by atoms with E-state index in [-0.39, 0.29) is 11.8 Å². The van der Waals surface area contributed by atoms with Gasteiger partial charge < -0.3 is 15.4 Å². The number of carbonyl (C=O) groups excluding carboxylic acids is 1. The number of benzene rings is 1. The smallest absolute Gasteiger partial charge is 0.222 e. The number of hydrogen-bond donors (Lipinski definition) is 1. The zero-order chi connectivity index (χ0) is 15.0. The molecular formula is C16H26N2O2. The van der Waals surface area contributed by atoms with Gasteiger partial charge in [-0.25, -0.2) is 0 Å². The van der Waals surface area contributed by atoms with Crippen LogP contribution >= 0.6 is 0 Å². The van der Waals surface area contributed by atoms with Gasteiger partial charge in [-0.15, -0.1) is 0 Å². The molecule has 1 aromatic carbocycles. The van der Waals surface area contributed by atoms with Crippen LogP contribution in [0.15, 0.2) is 24.3 Å². The number of carbonyl (C=O) groups is 1. The highest BCUT2D eigenvalue weighted by Gasteiger charge is 2.14. The molecule has 112 valence electrons. The third-order valence-electron chi connectivity index (χ3n) is 3.48. The van der Waals surface area contributed by atoms with E-state index in [4.69, 9.17) is 10.5 Å². The first-order chi connectivity index (χ1) is 9.56. The van der Waals surface area contributed by atoms with Crippen molar-refractivity contribution in [1.82, 2.24) is 4.90 Å². The van der Waals surface area contributed by atoms with Crippen molar-refractivity contribution < 1.29 is 9.53 Å². The highest BCUT2D eigenvalue weighted by atomic mass is 16.5. The number of likely N-dealkylation sites (N-methyl/N-ethyl adjacent to an activating group) is 1. The van der Waals surface area contributed by atoms with E-state index in [1.165, 1.54) is 5.56 Å². The van der Waals surface area contributed by atoms with Gasteiger partial charge in [-0.3, -0.25) is 4.79 Å². The Balaban J connectivity index is 2.32. The van der Waals surface area contributed by atoms with Gasteiger partial charge >= 0.3 is 0 Å². The first kappa shape index (κ1) is 16.5. The predicted octanol–water partition coefficient (Wildman–Crippen LogP) is 2.21. The quantitative estimate of drug-likeness (QED) is 0.793. The maximum atomic E-state index is 12.0. The van der Waals surface area contributed by atoms with Crippen molar-refractivity contribution in [2.24, 2.45) is 11.7 Å². The van der Waals surface area contributed by atoms with Crippen LogP contribution in [-0.4, -0.2) is 37.6 Å². The minimum absolute atomic E-state index is 0.134. The molecule has 0 bridgehead atoms. The molecule has 20 heavy (non-hydrogen) atoms. The molecule has 2 N–H and O–H groups in total. The monoisotopic (exact) mass is 278 g/mol. The summed E-state index contributed by atoms with van der Waals surface area (Å²) in [5.74, 6) is 1.26. The fraction of sp³-hybridized carbons (Fsp3) is 0.562. The molecule has 0 spiro atoms. The highest BCUT2D eigenvalue weighted by Crippen LogP contribution is 2.12. The molecule has 0 aliphatic carbocycles. The van der Waals surface area contributed by atoms with E-state index < -0.39 is 0 Å². The van der Waals surface area contributed by atoms with Gasteiger partial charge in [0.1, 0.15) is 12.4 Å². The summed E-state index contributed by atoms with van der Waals surface area (Å²) < 4.78 is 5.65. The predicted molar refractivity (Wildman–Crippen MR) is 81.8 cm³/mol. The van der Waals surface area contributed by atoms with Crippen molar-refractivity contribution >= 4 is 5.91 Å². The summed E-state index contributed by atoms with van der Waals surface area (Å²) in [6.07, 6.45) is 1.46. The SMILES string of the molecule is CCC(CN)CC(=O)N(C)CCOc1cccc(C)c1. The van der Waals surface area contributed by atoms with E-state index in [2.05, 4.69) is 6.92 Å². The number of aryl methyl sites for hydroxylation is 1. The van der Waals surface area contributed by atoms with E-state index in [9.17, 15) is 4.79 Å². The second-order valence-electron chi connectivity index (χ2n) is 5.19. The third-order valence-corrected chi connectivity index (χ3v) is 3.48. The largest absolute Gasteiger partial charge is 0.492 e. The normalized spacial score (nSPS) is 12.0. The number of nitrogens with two attached hydrogens (primary N) is 1. The van der Waals surface area contributed by atoms with Crippen LogP contribution in [0.1, 0.15) is 25.3 Å². The number of ether oxygens (including phenoxy) is 1. The maximum absolute atomic E-state index is 12.0. The Hall–Kier alpha value is -1.55. The molecule has 1 amide bonds. The Bertz CT molecular complexity index is 417. The molecule has 4 nitrogen and oxygen atoms in total. The number of rotatable bonds is 8. The van der Waals surface area contributed by atoms with Gasteiger partial charge in [0.2, 0.25) is 5.91 Å². The van der Waals surface area contributed by atoms with Crippen LogP contribution in [0.3, 0.4) is 0 Å². The van der Waals surface area contributed by atoms with E-state index in [0.717, 1.165) is 12.2 Å². The standard InChI is InChI=1S/C16H26N2O2/c1-4-14(12-17)11-16(19)18(3)8-9-20-15-7-5-6-13(2)10-15/h5-7,10,14H,4,8-9,11-12,17H2,1-3H3. The lowest BCUT2D eigenvalue weighted by Crippen LogP contribution is -2.33. The fourth-order valence-electron chi connectivity index (χ4n) is 1.93. The van der Waals surface area contributed by atoms with Crippen LogP contribution in [-0.2, 0) is 4.79 Å². The van der Waals surface area contributed by atoms with Crippen LogP contribution in [0, 0.1) is 12.8 Å². The molecule has 1 aromatic rings. The van der Waals surface area contributed by atoms with Gasteiger partial charge in [0.25, 0.3) is 0 Å². The van der Waals surface area contributed by atoms with Gasteiger partial charge in [0, 0.05) is 13.5 Å². The van der Waals surface area contributed by atoms with E-state index in [0.29, 0.717) is 26.1 Å². The molecule has 0 saturated carbocycles. The zero-order valence-corrected chi connectivity index (χ0v) is 12.8. The minimum atomic E-state index is 0.134. The van der Waals surface area contributed by atoms with Gasteiger partial charge in [-0.05, 0) is 37.1 Å². The van der Waals surface area contributed by atoms with Gasteiger partial charge in [0.15, 0.2) is 0 Å². The second kappa shape index (κ2) is 8.59. The number of amides is 1. The summed E-state index contributed by atoms with van der Waals surface area (Å²) in [6.45, 7) is 5.75. The van der Waals surface area contributed by atoms with Crippen molar-refractivity contribution in [1.29, 1.82) is 0 Å². The van der Waals surface area contributed by atoms with Crippen LogP contribution in [0.25, 0.3) is 0 Å². The lowest BCUT2D eigenvalue weighted by atomic mass is 10.0. The van der Waals surface area contributed by atoms with Crippen molar-refractivity contribution in [3.8, 4) is 5.75 Å². The lowest BCUT2D eigenvalue weighted by Gasteiger charge is -2.20. The molecule has 1 atom stereocenters. The first-order valence-corrected chi connectivity index (χ1v) is 7.20. The Morgan fingerprint density at radius 3 is 2.80 bits per heavy atom. The zero-order valence-electron chi connectivity index (χ0n) is 12.8. The van der Waals surface area contributed by atoms with Gasteiger partial charge in [-0.2, -0.15) is 0 Å². The molecule has 1 unspecified atom stereocenters. The van der Waals surface area contributed by atoms with Crippen molar-refractivity contribution in [2.45, 2.75) is 26.7 Å². The van der Waals surface area contributed by atoms with Crippen LogP contribution in [0.5, 0.6) is 5.75 Å². The van der Waals surface area contributed by atoms with Crippen molar-refractivity contribution in [3.05, 3.63) is 29.8 Å². The Labute approximate surface area is 121 Å². The lowest BCUT2D eigenvalue weighted by molar-refractivity contribution is -0.131. The molecule has 0 radical (unpaired) electrons. The summed E-state index contributed by atoms with van der Waals surface area (Å²) in [4.78, 5) is 13.7. The molecule has 0 aliphatic heterocycles. The summed E-state index contributed by atoms with van der Waals surface area (Å²) >= 11 is 0. The molecule has 1 rings (SSSR count). The maximum Gasteiger partial charge on any atom is 0.222 e. The van der Waals surface area contributed by atoms with E-state index in [1.807, 2.05) is 38.2 Å². The Kier molecular flexibility index (Phi) is 7.09. The second-order valence-corrected chi connectivity index (χ2v) is 5.19. The third kappa shape index (κ3) is 5.61. The van der Waals surface area contributed by atoms with E-state index in [1.54, 1.807) is 4.90 Å². The number of nitrogens with zero attached hydrogens (tertiary/aromatic N) is 1. The van der Waals surface area contributed by atoms with Crippen molar-refractivity contribution in [3.63, 3.8) is 0 Å². The molecule has 0 saturated heterocycles. The average molecular weight is 278 g/mol. The molecule has 0 fully saturated rings. The molecule has 0 heterocycles. The summed E-state index contributed by atoms with van der Waals surface area (Å²) in [5, 5.41) is 0. The van der Waals surface area contributed by atoms with Gasteiger partial charge in [-0.1, -0.05) is 25.5 Å². The summed E-state index contributed by atoms with van der Waals surface area (Å²) in [5.41, 5.74) is 6.79. The first-order valence-electron chi connectivity index (χ1n) is 7.20. The molecule has 0 aromatic heterocycles. The van der Waals surface area contributed by atoms with Crippen molar-refractivity contribution in [2.75, 3.05) is 26.7 Å². The topological polar surface area (TPSA) is 55.6 Å². The minimum Gasteiger partial charge on any atom is -0.492 e. The van der Waals surface area contributed by atoms with Crippen LogP contribution in [0.4, 0.5) is 0 Å². The number of hydrogen-bond acceptors (Lipinski definition) is 3. The average Bonchev–Trinajstić information content (AvgIpc) is 2.44. The van der Waals surface area contributed by atoms with Gasteiger partial charge in [0.05, 0.1) is 6.54 Å². The van der Waals surface area contributed by atoms with Crippen LogP contribution in [0.2, 0.25) is 0 Å². The highest BCUT2D eigenvalue weighted by molar-refractivity contribution is 5.76.